The van der Waals surface area contributed by atoms with Gasteiger partial charge in [0.2, 0.25) is 11.9 Å². The number of hydrogen-bond acceptors (Lipinski definition) is 8. The van der Waals surface area contributed by atoms with Crippen LogP contribution in [0.3, 0.4) is 0 Å². The molecule has 0 radical (unpaired) electrons. The molecule has 0 saturated carbocycles. The smallest absolute Gasteiger partial charge is 0.414 e. The average Bonchev–Trinajstić information content (AvgIpc) is 2.96. The summed E-state index contributed by atoms with van der Waals surface area (Å²) in [5.74, 6) is -0.869. The van der Waals surface area contributed by atoms with Crippen molar-refractivity contribution in [2.24, 2.45) is 10.9 Å². The number of aliphatic imine (C=N–C) groups is 1. The Hall–Kier alpha value is -5.14. The van der Waals surface area contributed by atoms with Crippen molar-refractivity contribution >= 4 is 47.4 Å². The van der Waals surface area contributed by atoms with Gasteiger partial charge in [0.05, 0.1) is 5.69 Å². The van der Waals surface area contributed by atoms with Gasteiger partial charge in [-0.1, -0.05) is 26.0 Å². The van der Waals surface area contributed by atoms with Gasteiger partial charge in [-0.15, -0.1) is 0 Å². The number of alkyl carbamates (subject to hydrolysis) is 2. The van der Waals surface area contributed by atoms with E-state index in [2.05, 4.69) is 31.6 Å². The second-order valence-electron chi connectivity index (χ2n) is 13.6. The number of nitrogens with zero attached hydrogens (tertiary/aromatic N) is 2. The van der Waals surface area contributed by atoms with Gasteiger partial charge in [0, 0.05) is 30.9 Å². The lowest BCUT2D eigenvalue weighted by Crippen LogP contribution is -2.57. The van der Waals surface area contributed by atoms with Crippen molar-refractivity contribution in [1.29, 1.82) is 0 Å². The van der Waals surface area contributed by atoms with Gasteiger partial charge in [0.1, 0.15) is 17.2 Å². The van der Waals surface area contributed by atoms with Crippen LogP contribution in [-0.2, 0) is 20.8 Å². The van der Waals surface area contributed by atoms with Crippen molar-refractivity contribution in [2.45, 2.75) is 85.6 Å². The first kappa shape index (κ1) is 37.3. The minimum absolute atomic E-state index is 0.0582. The summed E-state index contributed by atoms with van der Waals surface area (Å²) < 4.78 is 10.5. The van der Waals surface area contributed by atoms with Gasteiger partial charge >= 0.3 is 18.2 Å². The van der Waals surface area contributed by atoms with Crippen LogP contribution in [0.25, 0.3) is 0 Å². The summed E-state index contributed by atoms with van der Waals surface area (Å²) in [7, 11) is 0. The Bertz CT molecular complexity index is 1460. The zero-order valence-corrected chi connectivity index (χ0v) is 28.9. The quantitative estimate of drug-likeness (QED) is 0.194. The molecule has 260 valence electrons. The van der Waals surface area contributed by atoms with E-state index in [9.17, 15) is 24.0 Å². The van der Waals surface area contributed by atoms with E-state index in [4.69, 9.17) is 9.47 Å². The minimum atomic E-state index is -0.826. The van der Waals surface area contributed by atoms with Crippen molar-refractivity contribution in [1.82, 2.24) is 26.2 Å². The predicted octanol–water partition coefficient (Wildman–Crippen LogP) is 5.03. The normalized spacial score (nSPS) is 13.9. The maximum absolute atomic E-state index is 13.0. The molecule has 3 rings (SSSR count). The van der Waals surface area contributed by atoms with Crippen molar-refractivity contribution < 1.29 is 33.4 Å². The molecule has 48 heavy (non-hydrogen) atoms. The summed E-state index contributed by atoms with van der Waals surface area (Å²) in [5, 5.41) is 13.4. The Labute approximate surface area is 281 Å². The monoisotopic (exact) mass is 665 g/mol. The fraction of sp³-hybridized carbons (Fsp3) is 0.471. The van der Waals surface area contributed by atoms with Gasteiger partial charge in [-0.25, -0.2) is 19.4 Å². The van der Waals surface area contributed by atoms with Gasteiger partial charge < -0.3 is 30.3 Å². The number of carbonyl (C=O) groups excluding carboxylic acids is 5. The Balaban J connectivity index is 1.62. The van der Waals surface area contributed by atoms with Gasteiger partial charge in [-0.2, -0.15) is 0 Å². The van der Waals surface area contributed by atoms with Crippen molar-refractivity contribution in [3.8, 4) is 0 Å². The standard InChI is InChI=1S/C34H47N7O7/c1-21(2)26(41-19-9-18-35-30(41)44)28(43)36-20-22-10-14-24(15-11-22)37-27(42)23-12-16-25(17-13-23)38-29(39-31(45)47-33(3,4)5)40-32(46)48-34(6,7)8/h10-17,21,26H,9,18-20H2,1-8H3,(H,35,44)(H,36,43)(H,37,42)(H2,38,39,40,45,46)/t26-/m0/s1. The van der Waals surface area contributed by atoms with Crippen LogP contribution >= 0.6 is 0 Å². The van der Waals surface area contributed by atoms with Crippen LogP contribution in [0.15, 0.2) is 53.5 Å². The highest BCUT2D eigenvalue weighted by molar-refractivity contribution is 6.05. The van der Waals surface area contributed by atoms with Crippen LogP contribution in [0.5, 0.6) is 0 Å². The van der Waals surface area contributed by atoms with E-state index in [-0.39, 0.29) is 36.3 Å². The summed E-state index contributed by atoms with van der Waals surface area (Å²) >= 11 is 0. The molecular weight excluding hydrogens is 618 g/mol. The third-order valence-electron chi connectivity index (χ3n) is 6.64. The van der Waals surface area contributed by atoms with Gasteiger partial charge in [0.25, 0.3) is 5.91 Å². The predicted molar refractivity (Wildman–Crippen MR) is 182 cm³/mol. The third kappa shape index (κ3) is 12.2. The molecule has 1 saturated heterocycles. The molecule has 2 aromatic rings. The molecule has 1 atom stereocenters. The zero-order chi connectivity index (χ0) is 35.6. The lowest BCUT2D eigenvalue weighted by molar-refractivity contribution is -0.127. The molecule has 14 heteroatoms. The number of nitrogens with one attached hydrogen (secondary N) is 5. The Morgan fingerprint density at radius 2 is 1.44 bits per heavy atom. The lowest BCUT2D eigenvalue weighted by Gasteiger charge is -2.36. The maximum Gasteiger partial charge on any atom is 0.414 e. The first-order valence-corrected chi connectivity index (χ1v) is 15.8. The van der Waals surface area contributed by atoms with Crippen molar-refractivity contribution in [2.75, 3.05) is 18.4 Å². The fourth-order valence-corrected chi connectivity index (χ4v) is 4.62. The Morgan fingerprint density at radius 1 is 0.875 bits per heavy atom. The summed E-state index contributed by atoms with van der Waals surface area (Å²) in [5.41, 5.74) is 0.486. The number of benzene rings is 2. The van der Waals surface area contributed by atoms with E-state index >= 15 is 0 Å². The van der Waals surface area contributed by atoms with E-state index < -0.39 is 29.4 Å². The molecule has 0 spiro atoms. The zero-order valence-electron chi connectivity index (χ0n) is 28.9. The van der Waals surface area contributed by atoms with E-state index in [0.29, 0.717) is 30.0 Å². The lowest BCUT2D eigenvalue weighted by atomic mass is 10.0. The highest BCUT2D eigenvalue weighted by atomic mass is 16.6. The fourth-order valence-electron chi connectivity index (χ4n) is 4.62. The second kappa shape index (κ2) is 16.1. The molecule has 5 N–H and O–H groups in total. The third-order valence-corrected chi connectivity index (χ3v) is 6.64. The molecule has 14 nitrogen and oxygen atoms in total. The van der Waals surface area contributed by atoms with Crippen molar-refractivity contribution in [3.63, 3.8) is 0 Å². The van der Waals surface area contributed by atoms with Gasteiger partial charge in [-0.05, 0) is 95.8 Å². The number of carbonyl (C=O) groups is 5. The van der Waals surface area contributed by atoms with Crippen LogP contribution in [0.2, 0.25) is 0 Å². The number of ether oxygens (including phenoxy) is 2. The van der Waals surface area contributed by atoms with Crippen LogP contribution < -0.4 is 26.6 Å². The van der Waals surface area contributed by atoms with E-state index in [1.165, 1.54) is 0 Å². The number of urea groups is 1. The van der Waals surface area contributed by atoms with E-state index in [1.54, 1.807) is 95.0 Å². The second-order valence-corrected chi connectivity index (χ2v) is 13.6. The summed E-state index contributed by atoms with van der Waals surface area (Å²) in [6, 6.07) is 12.4. The summed E-state index contributed by atoms with van der Waals surface area (Å²) in [6.07, 6.45) is -0.865. The molecule has 1 aliphatic heterocycles. The number of anilines is 1. The molecular formula is C34H47N7O7. The minimum Gasteiger partial charge on any atom is -0.444 e. The SMILES string of the molecule is CC(C)[C@@H](C(=O)NCc1ccc(NC(=O)c2ccc(N=C(NC(=O)OC(C)(C)C)NC(=O)OC(C)(C)C)cc2)cc1)N1CCCNC1=O. The molecule has 0 bridgehead atoms. The Kier molecular flexibility index (Phi) is 12.5. The van der Waals surface area contributed by atoms with Crippen LogP contribution in [0.4, 0.5) is 25.8 Å². The molecule has 1 heterocycles. The first-order valence-electron chi connectivity index (χ1n) is 15.8. The van der Waals surface area contributed by atoms with Gasteiger partial charge in [-0.3, -0.25) is 20.2 Å². The van der Waals surface area contributed by atoms with E-state index in [0.717, 1.165) is 12.0 Å². The molecule has 6 amide bonds. The molecule has 0 unspecified atom stereocenters. The van der Waals surface area contributed by atoms with Crippen molar-refractivity contribution in [3.05, 3.63) is 59.7 Å². The molecule has 0 aromatic heterocycles. The maximum atomic E-state index is 13.0. The molecule has 2 aromatic carbocycles. The molecule has 0 aliphatic carbocycles. The molecule has 1 aliphatic rings. The Morgan fingerprint density at radius 3 is 1.94 bits per heavy atom. The largest absolute Gasteiger partial charge is 0.444 e. The summed E-state index contributed by atoms with van der Waals surface area (Å²) in [4.78, 5) is 68.8. The highest BCUT2D eigenvalue weighted by Crippen LogP contribution is 2.18. The van der Waals surface area contributed by atoms with E-state index in [1.807, 2.05) is 13.8 Å². The number of rotatable bonds is 8. The molecule has 1 fully saturated rings. The topological polar surface area (TPSA) is 180 Å². The van der Waals surface area contributed by atoms with Crippen LogP contribution in [-0.4, -0.2) is 71.2 Å². The van der Waals surface area contributed by atoms with Crippen LogP contribution in [0.1, 0.15) is 77.7 Å². The average molecular weight is 666 g/mol. The highest BCUT2D eigenvalue weighted by Gasteiger charge is 2.33. The number of amides is 6. The summed E-state index contributed by atoms with van der Waals surface area (Å²) in [6.45, 7) is 15.4. The number of hydrogen-bond donors (Lipinski definition) is 5. The van der Waals surface area contributed by atoms with Crippen LogP contribution in [0, 0.1) is 5.92 Å². The first-order chi connectivity index (χ1) is 22.4. The van der Waals surface area contributed by atoms with Gasteiger partial charge in [0.15, 0.2) is 0 Å². The number of guanidine groups is 1.